The second-order valence-corrected chi connectivity index (χ2v) is 3.09. The van der Waals surface area contributed by atoms with Crippen LogP contribution in [0.15, 0.2) is 0 Å². The van der Waals surface area contributed by atoms with E-state index in [4.69, 9.17) is 5.73 Å². The summed E-state index contributed by atoms with van der Waals surface area (Å²) in [6, 6.07) is 0.291. The molecular weight excluding hydrogens is 140 g/mol. The van der Waals surface area contributed by atoms with Gasteiger partial charge < -0.3 is 5.73 Å². The van der Waals surface area contributed by atoms with Gasteiger partial charge in [0.15, 0.2) is 0 Å². The van der Waals surface area contributed by atoms with Crippen molar-refractivity contribution in [1.29, 1.82) is 0 Å². The summed E-state index contributed by atoms with van der Waals surface area (Å²) in [5.74, 6) is 0. The molecule has 0 aromatic carbocycles. The van der Waals surface area contributed by atoms with Crippen LogP contribution in [0.1, 0.15) is 17.8 Å². The van der Waals surface area contributed by atoms with Crippen LogP contribution < -0.4 is 5.73 Å². The van der Waals surface area contributed by atoms with Crippen LogP contribution in [0.25, 0.3) is 0 Å². The van der Waals surface area contributed by atoms with Crippen LogP contribution in [0.2, 0.25) is 0 Å². The van der Waals surface area contributed by atoms with E-state index >= 15 is 0 Å². The Labute approximate surface area is 65.4 Å². The lowest BCUT2D eigenvalue weighted by atomic mass is 9.97. The number of fused-ring (bicyclic) bond motifs is 1. The summed E-state index contributed by atoms with van der Waals surface area (Å²) in [6.45, 7) is 0. The Morgan fingerprint density at radius 2 is 2.18 bits per heavy atom. The Balaban J connectivity index is 2.34. The predicted octanol–water partition coefficient (Wildman–Crippen LogP) is -0.369. The fraction of sp³-hybridized carbons (Fsp3) is 0.714. The molecule has 0 radical (unpaired) electrons. The highest BCUT2D eigenvalue weighted by molar-refractivity contribution is 5.14. The first kappa shape index (κ1) is 6.79. The molecule has 0 spiro atoms. The van der Waals surface area contributed by atoms with Gasteiger partial charge in [-0.3, -0.25) is 0 Å². The Morgan fingerprint density at radius 1 is 1.45 bits per heavy atom. The van der Waals surface area contributed by atoms with Crippen molar-refractivity contribution in [3.8, 4) is 0 Å². The molecule has 0 saturated carbocycles. The van der Waals surface area contributed by atoms with E-state index in [-0.39, 0.29) is 0 Å². The maximum Gasteiger partial charge on any atom is 0.0874 e. The topological polar surface area (TPSA) is 56.7 Å². The summed E-state index contributed by atoms with van der Waals surface area (Å²) >= 11 is 0. The Bertz CT molecular complexity index is 265. The fourth-order valence-corrected chi connectivity index (χ4v) is 1.51. The molecule has 1 aliphatic rings. The normalized spacial score (nSPS) is 23.3. The van der Waals surface area contributed by atoms with Crippen LogP contribution in [-0.4, -0.2) is 21.0 Å². The van der Waals surface area contributed by atoms with Gasteiger partial charge >= 0.3 is 0 Å². The lowest BCUT2D eigenvalue weighted by Crippen LogP contribution is -2.27. The number of rotatable bonds is 0. The molecule has 4 nitrogen and oxygen atoms in total. The Kier molecular flexibility index (Phi) is 1.42. The SMILES string of the molecule is Cn1nc2c(n1)CC(N)CC2. The van der Waals surface area contributed by atoms with E-state index in [1.165, 1.54) is 0 Å². The van der Waals surface area contributed by atoms with E-state index in [1.54, 1.807) is 4.80 Å². The van der Waals surface area contributed by atoms with E-state index in [0.29, 0.717) is 6.04 Å². The molecule has 0 saturated heterocycles. The minimum absolute atomic E-state index is 0.291. The molecule has 0 amide bonds. The van der Waals surface area contributed by atoms with Crippen molar-refractivity contribution in [3.63, 3.8) is 0 Å². The third kappa shape index (κ3) is 1.14. The first-order chi connectivity index (χ1) is 5.25. The second kappa shape index (κ2) is 2.30. The lowest BCUT2D eigenvalue weighted by Gasteiger charge is -2.14. The first-order valence-electron chi connectivity index (χ1n) is 3.90. The largest absolute Gasteiger partial charge is 0.327 e. The quantitative estimate of drug-likeness (QED) is 0.552. The summed E-state index contributed by atoms with van der Waals surface area (Å²) in [5, 5.41) is 8.46. The van der Waals surface area contributed by atoms with Crippen LogP contribution in [-0.2, 0) is 19.9 Å². The Hall–Kier alpha value is -0.900. The van der Waals surface area contributed by atoms with Gasteiger partial charge in [0, 0.05) is 19.5 Å². The molecule has 1 atom stereocenters. The number of hydrogen-bond acceptors (Lipinski definition) is 3. The summed E-state index contributed by atoms with van der Waals surface area (Å²) in [5.41, 5.74) is 8.00. The molecule has 0 fully saturated rings. The van der Waals surface area contributed by atoms with Gasteiger partial charge in [0.1, 0.15) is 0 Å². The van der Waals surface area contributed by atoms with Crippen molar-refractivity contribution >= 4 is 0 Å². The molecule has 1 aliphatic carbocycles. The predicted molar refractivity (Wildman–Crippen MR) is 41.0 cm³/mol. The van der Waals surface area contributed by atoms with Crippen molar-refractivity contribution in [2.75, 3.05) is 0 Å². The van der Waals surface area contributed by atoms with Crippen LogP contribution in [0, 0.1) is 0 Å². The van der Waals surface area contributed by atoms with E-state index < -0.39 is 0 Å². The fourth-order valence-electron chi connectivity index (χ4n) is 1.51. The van der Waals surface area contributed by atoms with Crippen molar-refractivity contribution in [3.05, 3.63) is 11.4 Å². The van der Waals surface area contributed by atoms with Gasteiger partial charge in [-0.15, -0.1) is 0 Å². The molecular formula is C7H12N4. The zero-order chi connectivity index (χ0) is 7.84. The van der Waals surface area contributed by atoms with Crippen molar-refractivity contribution in [1.82, 2.24) is 15.0 Å². The van der Waals surface area contributed by atoms with E-state index in [0.717, 1.165) is 30.7 Å². The van der Waals surface area contributed by atoms with E-state index in [9.17, 15) is 0 Å². The number of hydrogen-bond donors (Lipinski definition) is 1. The van der Waals surface area contributed by atoms with Crippen LogP contribution in [0.3, 0.4) is 0 Å². The molecule has 1 aromatic heterocycles. The minimum Gasteiger partial charge on any atom is -0.327 e. The van der Waals surface area contributed by atoms with Gasteiger partial charge in [0.05, 0.1) is 11.4 Å². The summed E-state index contributed by atoms with van der Waals surface area (Å²) in [7, 11) is 1.85. The van der Waals surface area contributed by atoms with Gasteiger partial charge in [-0.05, 0) is 12.8 Å². The molecule has 11 heavy (non-hydrogen) atoms. The highest BCUT2D eigenvalue weighted by Crippen LogP contribution is 2.15. The monoisotopic (exact) mass is 152 g/mol. The van der Waals surface area contributed by atoms with Crippen LogP contribution >= 0.6 is 0 Å². The van der Waals surface area contributed by atoms with Gasteiger partial charge in [-0.1, -0.05) is 0 Å². The first-order valence-corrected chi connectivity index (χ1v) is 3.90. The molecule has 0 aliphatic heterocycles. The highest BCUT2D eigenvalue weighted by atomic mass is 15.5. The maximum atomic E-state index is 5.78. The van der Waals surface area contributed by atoms with Gasteiger partial charge in [0.25, 0.3) is 0 Å². The number of aromatic nitrogens is 3. The molecule has 2 N–H and O–H groups in total. The Morgan fingerprint density at radius 3 is 3.00 bits per heavy atom. The van der Waals surface area contributed by atoms with E-state index in [1.807, 2.05) is 7.05 Å². The van der Waals surface area contributed by atoms with Crippen molar-refractivity contribution in [2.45, 2.75) is 25.3 Å². The summed E-state index contributed by atoms with van der Waals surface area (Å²) < 4.78 is 0. The summed E-state index contributed by atoms with van der Waals surface area (Å²) in [6.07, 6.45) is 2.93. The van der Waals surface area contributed by atoms with E-state index in [2.05, 4.69) is 10.2 Å². The zero-order valence-corrected chi connectivity index (χ0v) is 6.62. The third-order valence-electron chi connectivity index (χ3n) is 2.07. The average Bonchev–Trinajstić information content (AvgIpc) is 2.27. The lowest BCUT2D eigenvalue weighted by molar-refractivity contribution is 0.564. The zero-order valence-electron chi connectivity index (χ0n) is 6.62. The van der Waals surface area contributed by atoms with Gasteiger partial charge in [0.2, 0.25) is 0 Å². The molecule has 1 aromatic rings. The van der Waals surface area contributed by atoms with Crippen LogP contribution in [0.5, 0.6) is 0 Å². The molecule has 0 bridgehead atoms. The number of nitrogens with zero attached hydrogens (tertiary/aromatic N) is 3. The van der Waals surface area contributed by atoms with Crippen molar-refractivity contribution < 1.29 is 0 Å². The molecule has 1 heterocycles. The minimum atomic E-state index is 0.291. The molecule has 2 rings (SSSR count). The summed E-state index contributed by atoms with van der Waals surface area (Å²) in [4.78, 5) is 1.63. The third-order valence-corrected chi connectivity index (χ3v) is 2.07. The average molecular weight is 152 g/mol. The molecule has 60 valence electrons. The molecule has 1 unspecified atom stereocenters. The molecule has 4 heteroatoms. The standard InChI is InChI=1S/C7H12N4/c1-11-9-6-3-2-5(8)4-7(6)10-11/h5H,2-4,8H2,1H3. The highest BCUT2D eigenvalue weighted by Gasteiger charge is 2.19. The second-order valence-electron chi connectivity index (χ2n) is 3.09. The number of aryl methyl sites for hydroxylation is 2. The van der Waals surface area contributed by atoms with Gasteiger partial charge in [-0.25, -0.2) is 0 Å². The van der Waals surface area contributed by atoms with Crippen molar-refractivity contribution in [2.24, 2.45) is 12.8 Å². The number of nitrogens with two attached hydrogens (primary N) is 1. The van der Waals surface area contributed by atoms with Crippen LogP contribution in [0.4, 0.5) is 0 Å². The van der Waals surface area contributed by atoms with Gasteiger partial charge in [-0.2, -0.15) is 15.0 Å². The maximum absolute atomic E-state index is 5.78. The smallest absolute Gasteiger partial charge is 0.0874 e.